The van der Waals surface area contributed by atoms with E-state index in [4.69, 9.17) is 9.84 Å². The molecule has 3 rings (SSSR count). The molecular weight excluding hydrogens is 477 g/mol. The standard InChI is InChI=1S/C25H32FNO5S2/c1-4-6-12-18-13-19(17-10-8-7-9-11-17)20-14-23(33-5-2)22(32-16-21(26)25(28)29)15-24(20)34(30,31)27(18)3/h7-11,14-16,18-19,30-31H,4-6,12-13H2,1-3H3,(H,28,29)/b21-16-. The minimum Gasteiger partial charge on any atom is -0.476 e. The van der Waals surface area contributed by atoms with Gasteiger partial charge in [0.25, 0.3) is 0 Å². The van der Waals surface area contributed by atoms with Crippen LogP contribution in [0.15, 0.2) is 64.3 Å². The summed E-state index contributed by atoms with van der Waals surface area (Å²) < 4.78 is 43.6. The molecule has 0 radical (unpaired) electrons. The molecule has 2 aromatic rings. The van der Waals surface area contributed by atoms with Gasteiger partial charge in [-0.15, -0.1) is 22.5 Å². The van der Waals surface area contributed by atoms with Crippen molar-refractivity contribution in [1.82, 2.24) is 4.31 Å². The monoisotopic (exact) mass is 509 g/mol. The van der Waals surface area contributed by atoms with Gasteiger partial charge in [-0.2, -0.15) is 4.39 Å². The lowest BCUT2D eigenvalue weighted by Gasteiger charge is -2.44. The number of rotatable bonds is 9. The van der Waals surface area contributed by atoms with Crippen molar-refractivity contribution in [2.24, 2.45) is 0 Å². The maximum Gasteiger partial charge on any atom is 0.368 e. The average molecular weight is 510 g/mol. The minimum absolute atomic E-state index is 0.0569. The molecule has 6 nitrogen and oxygen atoms in total. The number of nitrogens with zero attached hydrogens (tertiary/aromatic N) is 1. The lowest BCUT2D eigenvalue weighted by molar-refractivity contribution is -0.134. The Hall–Kier alpha value is -2.04. The van der Waals surface area contributed by atoms with Crippen molar-refractivity contribution in [3.63, 3.8) is 0 Å². The van der Waals surface area contributed by atoms with Crippen molar-refractivity contribution in [3.8, 4) is 5.75 Å². The number of halogens is 1. The van der Waals surface area contributed by atoms with Gasteiger partial charge in [0.05, 0.1) is 9.79 Å². The Kier molecular flexibility index (Phi) is 9.06. The van der Waals surface area contributed by atoms with Gasteiger partial charge in [-0.1, -0.05) is 57.0 Å². The van der Waals surface area contributed by atoms with Crippen LogP contribution < -0.4 is 4.74 Å². The summed E-state index contributed by atoms with van der Waals surface area (Å²) >= 11 is 1.46. The van der Waals surface area contributed by atoms with Crippen LogP contribution in [0.4, 0.5) is 4.39 Å². The molecule has 3 N–H and O–H groups in total. The maximum atomic E-state index is 13.6. The topological polar surface area (TPSA) is 90.2 Å². The fourth-order valence-electron chi connectivity index (χ4n) is 4.24. The van der Waals surface area contributed by atoms with Gasteiger partial charge in [0.1, 0.15) is 12.0 Å². The molecule has 1 heterocycles. The van der Waals surface area contributed by atoms with Gasteiger partial charge in [0, 0.05) is 25.1 Å². The molecule has 0 fully saturated rings. The number of thioether (sulfide) groups is 1. The summed E-state index contributed by atoms with van der Waals surface area (Å²) in [4.78, 5) is 11.9. The summed E-state index contributed by atoms with van der Waals surface area (Å²) in [6.07, 6.45) is 4.05. The number of hydrogen-bond acceptors (Lipinski definition) is 6. The van der Waals surface area contributed by atoms with Crippen LogP contribution in [-0.2, 0) is 4.79 Å². The van der Waals surface area contributed by atoms with Crippen LogP contribution in [0.2, 0.25) is 0 Å². The van der Waals surface area contributed by atoms with Crippen molar-refractivity contribution in [2.75, 3.05) is 12.8 Å². The lowest BCUT2D eigenvalue weighted by atomic mass is 9.84. The predicted molar refractivity (Wildman–Crippen MR) is 135 cm³/mol. The molecule has 0 spiro atoms. The van der Waals surface area contributed by atoms with E-state index in [1.165, 1.54) is 17.8 Å². The third-order valence-electron chi connectivity index (χ3n) is 6.06. The Balaban J connectivity index is 2.21. The summed E-state index contributed by atoms with van der Waals surface area (Å²) in [5, 5.41) is 8.83. The van der Waals surface area contributed by atoms with Crippen LogP contribution in [0.25, 0.3) is 0 Å². The molecule has 34 heavy (non-hydrogen) atoms. The second kappa shape index (κ2) is 11.6. The number of carboxylic acids is 1. The van der Waals surface area contributed by atoms with E-state index >= 15 is 0 Å². The quantitative estimate of drug-likeness (QED) is 0.188. The number of carbonyl (C=O) groups is 1. The number of ether oxygens (including phenoxy) is 1. The first kappa shape index (κ1) is 26.6. The van der Waals surface area contributed by atoms with Gasteiger partial charge in [-0.3, -0.25) is 9.11 Å². The Morgan fingerprint density at radius 2 is 1.97 bits per heavy atom. The SMILES string of the molecule is CCCCC1CC(c2ccccc2)c2cc(SCC)c(O/C=C(\F)C(=O)O)cc2S(O)(O)N1C. The van der Waals surface area contributed by atoms with Gasteiger partial charge < -0.3 is 9.84 Å². The zero-order chi connectivity index (χ0) is 24.9. The normalized spacial score (nSPS) is 21.4. The Morgan fingerprint density at radius 3 is 2.59 bits per heavy atom. The van der Waals surface area contributed by atoms with Crippen LogP contribution in [0.3, 0.4) is 0 Å². The van der Waals surface area contributed by atoms with Crippen LogP contribution in [0.5, 0.6) is 5.75 Å². The van der Waals surface area contributed by atoms with E-state index < -0.39 is 22.6 Å². The van der Waals surface area contributed by atoms with Gasteiger partial charge >= 0.3 is 5.97 Å². The van der Waals surface area contributed by atoms with Crippen molar-refractivity contribution in [2.45, 2.75) is 61.3 Å². The molecule has 0 amide bonds. The highest BCUT2D eigenvalue weighted by atomic mass is 32.3. The number of unbranched alkanes of at least 4 members (excludes halogenated alkanes) is 1. The zero-order valence-corrected chi connectivity index (χ0v) is 21.2. The molecule has 9 heteroatoms. The van der Waals surface area contributed by atoms with Crippen molar-refractivity contribution < 1.29 is 28.1 Å². The summed E-state index contributed by atoms with van der Waals surface area (Å²) in [6.45, 7) is 4.07. The second-order valence-corrected chi connectivity index (χ2v) is 11.6. The smallest absolute Gasteiger partial charge is 0.368 e. The minimum atomic E-state index is -3.37. The largest absolute Gasteiger partial charge is 0.476 e. The number of aliphatic carboxylic acids is 1. The van der Waals surface area contributed by atoms with Crippen LogP contribution in [-0.4, -0.2) is 43.3 Å². The Morgan fingerprint density at radius 1 is 1.26 bits per heavy atom. The molecule has 1 aliphatic rings. The summed E-state index contributed by atoms with van der Waals surface area (Å²) in [5.74, 6) is -2.36. The number of fused-ring (bicyclic) bond motifs is 1. The molecular formula is C25H32FNO5S2. The van der Waals surface area contributed by atoms with E-state index in [1.54, 1.807) is 11.4 Å². The summed E-state index contributed by atoms with van der Waals surface area (Å²) in [7, 11) is -1.65. The highest BCUT2D eigenvalue weighted by Gasteiger charge is 2.39. The summed E-state index contributed by atoms with van der Waals surface area (Å²) in [5.41, 5.74) is 1.87. The Labute approximate surface area is 206 Å². The molecule has 186 valence electrons. The number of benzene rings is 2. The van der Waals surface area contributed by atoms with E-state index in [0.29, 0.717) is 28.2 Å². The van der Waals surface area contributed by atoms with E-state index in [1.807, 2.05) is 43.3 Å². The first-order valence-corrected chi connectivity index (χ1v) is 13.8. The molecule has 0 aliphatic carbocycles. The van der Waals surface area contributed by atoms with E-state index in [9.17, 15) is 18.3 Å². The van der Waals surface area contributed by atoms with Gasteiger partial charge in [0.2, 0.25) is 5.83 Å². The van der Waals surface area contributed by atoms with Gasteiger partial charge in [-0.05, 0) is 35.8 Å². The zero-order valence-electron chi connectivity index (χ0n) is 19.6. The third kappa shape index (κ3) is 5.78. The van der Waals surface area contributed by atoms with Crippen LogP contribution >= 0.6 is 22.5 Å². The van der Waals surface area contributed by atoms with Gasteiger partial charge in [0.15, 0.2) is 0 Å². The second-order valence-electron chi connectivity index (χ2n) is 8.22. The molecule has 0 saturated heterocycles. The lowest BCUT2D eigenvalue weighted by Crippen LogP contribution is -2.33. The first-order chi connectivity index (χ1) is 16.2. The van der Waals surface area contributed by atoms with Crippen molar-refractivity contribution >= 4 is 28.5 Å². The summed E-state index contributed by atoms with van der Waals surface area (Å²) in [6, 6.07) is 13.3. The van der Waals surface area contributed by atoms with Crippen molar-refractivity contribution in [3.05, 3.63) is 65.7 Å². The first-order valence-electron chi connectivity index (χ1n) is 11.3. The third-order valence-corrected chi connectivity index (χ3v) is 9.02. The molecule has 2 aromatic carbocycles. The van der Waals surface area contributed by atoms with E-state index in [-0.39, 0.29) is 17.7 Å². The molecule has 1 aliphatic heterocycles. The highest BCUT2D eigenvalue weighted by molar-refractivity contribution is 8.22. The van der Waals surface area contributed by atoms with E-state index in [0.717, 1.165) is 30.4 Å². The Bertz CT molecular complexity index is 1030. The predicted octanol–water partition coefficient (Wildman–Crippen LogP) is 7.12. The number of carboxylic acid groups (broad SMARTS) is 1. The number of hydrogen-bond donors (Lipinski definition) is 3. The van der Waals surface area contributed by atoms with E-state index in [2.05, 4.69) is 6.92 Å². The fraction of sp³-hybridized carbons (Fsp3) is 0.400. The van der Waals surface area contributed by atoms with Crippen LogP contribution in [0.1, 0.15) is 56.6 Å². The van der Waals surface area contributed by atoms with Crippen molar-refractivity contribution in [1.29, 1.82) is 0 Å². The average Bonchev–Trinajstić information content (AvgIpc) is 2.90. The molecule has 0 saturated carbocycles. The highest BCUT2D eigenvalue weighted by Crippen LogP contribution is 2.60. The fourth-order valence-corrected chi connectivity index (χ4v) is 6.71. The molecule has 0 aromatic heterocycles. The van der Waals surface area contributed by atoms with Crippen LogP contribution in [0, 0.1) is 0 Å². The van der Waals surface area contributed by atoms with Gasteiger partial charge in [-0.25, -0.2) is 9.10 Å². The maximum absolute atomic E-state index is 13.6. The molecule has 0 bridgehead atoms. The molecule has 2 atom stereocenters. The molecule has 2 unspecified atom stereocenters.